The van der Waals surface area contributed by atoms with Crippen LogP contribution in [0.15, 0.2) is 0 Å². The second kappa shape index (κ2) is 10.9. The average Bonchev–Trinajstić information content (AvgIpc) is 3.19. The van der Waals surface area contributed by atoms with Crippen molar-refractivity contribution in [1.29, 1.82) is 0 Å². The molecular weight excluding hydrogens is 484 g/mol. The van der Waals surface area contributed by atoms with Crippen LogP contribution >= 0.6 is 0 Å². The van der Waals surface area contributed by atoms with Crippen molar-refractivity contribution in [3.05, 3.63) is 0 Å². The Bertz CT molecular complexity index is 951. The summed E-state index contributed by atoms with van der Waals surface area (Å²) in [6.45, 7) is 10.3. The zero-order valence-corrected chi connectivity index (χ0v) is 23.8. The largest absolute Gasteiger partial charge is 0.481 e. The molecule has 0 bridgehead atoms. The zero-order chi connectivity index (χ0) is 28.0. The van der Waals surface area contributed by atoms with E-state index in [0.29, 0.717) is 29.5 Å². The molecule has 4 aliphatic carbocycles. The molecule has 0 heterocycles. The van der Waals surface area contributed by atoms with Gasteiger partial charge in [-0.05, 0) is 105 Å². The molecule has 0 unspecified atom stereocenters. The van der Waals surface area contributed by atoms with E-state index in [1.165, 1.54) is 19.3 Å². The molecule has 8 heteroatoms. The summed E-state index contributed by atoms with van der Waals surface area (Å²) in [6.07, 6.45) is 8.92. The van der Waals surface area contributed by atoms with Crippen LogP contribution in [0.5, 0.6) is 0 Å². The molecule has 4 N–H and O–H groups in total. The van der Waals surface area contributed by atoms with Crippen molar-refractivity contribution in [1.82, 2.24) is 5.32 Å². The molecule has 4 rings (SSSR count). The van der Waals surface area contributed by atoms with Gasteiger partial charge in [0.2, 0.25) is 5.91 Å². The topological polar surface area (TPSA) is 136 Å². The van der Waals surface area contributed by atoms with Gasteiger partial charge < -0.3 is 20.9 Å². The second-order valence-electron chi connectivity index (χ2n) is 13.7. The summed E-state index contributed by atoms with van der Waals surface area (Å²) in [5, 5.41) is 11.5. The van der Waals surface area contributed by atoms with E-state index >= 15 is 0 Å². The van der Waals surface area contributed by atoms with Crippen molar-refractivity contribution in [2.75, 3.05) is 0 Å². The lowest BCUT2D eigenvalue weighted by Gasteiger charge is -2.61. The molecule has 0 radical (unpaired) electrons. The summed E-state index contributed by atoms with van der Waals surface area (Å²) in [6, 6.07) is -2.07. The van der Waals surface area contributed by atoms with Crippen molar-refractivity contribution in [3.8, 4) is 0 Å². The van der Waals surface area contributed by atoms with Gasteiger partial charge in [0.15, 0.2) is 0 Å². The number of esters is 1. The third-order valence-corrected chi connectivity index (χ3v) is 11.3. The molecule has 4 fully saturated rings. The van der Waals surface area contributed by atoms with Crippen molar-refractivity contribution < 1.29 is 29.0 Å². The Morgan fingerprint density at radius 2 is 1.63 bits per heavy atom. The lowest BCUT2D eigenvalue weighted by Crippen LogP contribution is -2.55. The fraction of sp³-hybridized carbons (Fsp3) is 0.867. The number of ether oxygens (including phenoxy) is 1. The molecule has 0 saturated heterocycles. The smallest absolute Gasteiger partial charge is 0.329 e. The zero-order valence-electron chi connectivity index (χ0n) is 23.8. The normalized spacial score (nSPS) is 39.8. The molecule has 0 spiro atoms. The minimum absolute atomic E-state index is 0.159. The van der Waals surface area contributed by atoms with Gasteiger partial charge in [0.05, 0.1) is 12.5 Å². The Morgan fingerprint density at radius 1 is 0.974 bits per heavy atom. The van der Waals surface area contributed by atoms with Crippen LogP contribution in [0.2, 0.25) is 0 Å². The van der Waals surface area contributed by atoms with E-state index in [2.05, 4.69) is 19.2 Å². The highest BCUT2D eigenvalue weighted by Gasteiger charge is 2.61. The van der Waals surface area contributed by atoms with Crippen molar-refractivity contribution in [2.24, 2.45) is 52.1 Å². The number of fused-ring (bicyclic) bond motifs is 5. The highest BCUT2D eigenvalue weighted by Crippen LogP contribution is 2.67. The van der Waals surface area contributed by atoms with Gasteiger partial charge in [0.1, 0.15) is 17.9 Å². The predicted molar refractivity (Wildman–Crippen MR) is 143 cm³/mol. The molecule has 0 aliphatic heterocycles. The molecule has 214 valence electrons. The maximum absolute atomic E-state index is 13.1. The summed E-state index contributed by atoms with van der Waals surface area (Å²) < 4.78 is 5.98. The Kier molecular flexibility index (Phi) is 8.33. The fourth-order valence-electron chi connectivity index (χ4n) is 9.27. The molecule has 0 aromatic rings. The minimum atomic E-state index is -1.21. The van der Waals surface area contributed by atoms with Crippen LogP contribution in [-0.4, -0.2) is 46.9 Å². The first-order chi connectivity index (χ1) is 17.8. The molecule has 38 heavy (non-hydrogen) atoms. The van der Waals surface area contributed by atoms with Crippen molar-refractivity contribution in [3.63, 3.8) is 0 Å². The number of amides is 1. The van der Waals surface area contributed by atoms with E-state index in [0.717, 1.165) is 38.5 Å². The van der Waals surface area contributed by atoms with Gasteiger partial charge in [-0.3, -0.25) is 14.4 Å². The summed E-state index contributed by atoms with van der Waals surface area (Å²) in [5.41, 5.74) is 6.09. The number of carboxylic acids is 1. The number of rotatable bonds is 8. The van der Waals surface area contributed by atoms with Crippen LogP contribution < -0.4 is 11.1 Å². The standard InChI is InChI=1S/C30H48N2O6/c1-16(2)26(32-27(36)24(31)15-25(34)35)28(37)38-19-10-12-29(4)18(14-19)6-7-20-22-9-8-21(17(3)33)30(22,5)13-11-23(20)29/h16,18-24,26H,6-15,31H2,1-5H3,(H,32,36)(H,34,35)/t18-,19+,20-,21+,22-,23-,24-,26-,29-,30+/m0/s1. The summed E-state index contributed by atoms with van der Waals surface area (Å²) >= 11 is 0. The number of Topliss-reactive ketones (excluding diaryl/α,β-unsaturated/α-hetero) is 1. The lowest BCUT2D eigenvalue weighted by atomic mass is 9.44. The van der Waals surface area contributed by atoms with Gasteiger partial charge in [0, 0.05) is 5.92 Å². The number of nitrogens with one attached hydrogen (secondary N) is 1. The molecule has 0 aromatic carbocycles. The van der Waals surface area contributed by atoms with Gasteiger partial charge in [-0.15, -0.1) is 0 Å². The third kappa shape index (κ3) is 5.26. The van der Waals surface area contributed by atoms with Gasteiger partial charge >= 0.3 is 11.9 Å². The highest BCUT2D eigenvalue weighted by molar-refractivity contribution is 5.90. The van der Waals surface area contributed by atoms with E-state index in [1.807, 2.05) is 13.8 Å². The van der Waals surface area contributed by atoms with Crippen LogP contribution in [0.3, 0.4) is 0 Å². The molecule has 8 nitrogen and oxygen atoms in total. The first kappa shape index (κ1) is 29.0. The Labute approximate surface area is 227 Å². The maximum atomic E-state index is 13.1. The van der Waals surface area contributed by atoms with Crippen molar-refractivity contribution in [2.45, 2.75) is 117 Å². The van der Waals surface area contributed by atoms with E-state index in [1.54, 1.807) is 6.92 Å². The number of hydrogen-bond donors (Lipinski definition) is 3. The molecular formula is C30H48N2O6. The van der Waals surface area contributed by atoms with Gasteiger partial charge in [-0.1, -0.05) is 27.7 Å². The number of carbonyl (C=O) groups is 4. The van der Waals surface area contributed by atoms with Crippen molar-refractivity contribution >= 4 is 23.6 Å². The van der Waals surface area contributed by atoms with E-state index in [4.69, 9.17) is 15.6 Å². The number of nitrogens with two attached hydrogens (primary N) is 1. The maximum Gasteiger partial charge on any atom is 0.329 e. The van der Waals surface area contributed by atoms with Crippen LogP contribution in [0.1, 0.15) is 98.8 Å². The van der Waals surface area contributed by atoms with Crippen LogP contribution in [-0.2, 0) is 23.9 Å². The number of ketones is 1. The van der Waals surface area contributed by atoms with Gasteiger partial charge in [-0.25, -0.2) is 4.79 Å². The average molecular weight is 533 g/mol. The Morgan fingerprint density at radius 3 is 2.26 bits per heavy atom. The molecule has 4 saturated carbocycles. The Balaban J connectivity index is 1.38. The fourth-order valence-corrected chi connectivity index (χ4v) is 9.27. The SMILES string of the molecule is CC(=O)[C@H]1CC[C@H]2[C@@H]3CC[C@H]4C[C@H](OC(=O)[C@@H](NC(=O)[C@@H](N)CC(=O)O)C(C)C)CC[C@]4(C)[C@H]3CC[C@]12C. The van der Waals surface area contributed by atoms with Crippen LogP contribution in [0.4, 0.5) is 0 Å². The van der Waals surface area contributed by atoms with Crippen LogP contribution in [0, 0.1) is 46.3 Å². The first-order valence-electron chi connectivity index (χ1n) is 14.8. The Hall–Kier alpha value is -1.96. The number of aliphatic carboxylic acids is 1. The van der Waals surface area contributed by atoms with Crippen LogP contribution in [0.25, 0.3) is 0 Å². The van der Waals surface area contributed by atoms with E-state index in [-0.39, 0.29) is 28.8 Å². The van der Waals surface area contributed by atoms with Gasteiger partial charge in [-0.2, -0.15) is 0 Å². The summed E-state index contributed by atoms with van der Waals surface area (Å²) in [5.74, 6) is 0.604. The molecule has 1 amide bonds. The molecule has 0 aromatic heterocycles. The highest BCUT2D eigenvalue weighted by atomic mass is 16.5. The second-order valence-corrected chi connectivity index (χ2v) is 13.7. The van der Waals surface area contributed by atoms with E-state index in [9.17, 15) is 19.2 Å². The molecule has 4 aliphatic rings. The third-order valence-electron chi connectivity index (χ3n) is 11.3. The number of carbonyl (C=O) groups excluding carboxylic acids is 3. The van der Waals surface area contributed by atoms with Gasteiger partial charge in [0.25, 0.3) is 0 Å². The first-order valence-corrected chi connectivity index (χ1v) is 14.8. The quantitative estimate of drug-likeness (QED) is 0.401. The minimum Gasteiger partial charge on any atom is -0.481 e. The number of hydrogen-bond acceptors (Lipinski definition) is 6. The monoisotopic (exact) mass is 532 g/mol. The van der Waals surface area contributed by atoms with E-state index < -0.39 is 36.4 Å². The summed E-state index contributed by atoms with van der Waals surface area (Å²) in [7, 11) is 0. The molecule has 10 atom stereocenters. The lowest BCUT2D eigenvalue weighted by molar-refractivity contribution is -0.166. The summed E-state index contributed by atoms with van der Waals surface area (Å²) in [4.78, 5) is 48.8. The number of carboxylic acid groups (broad SMARTS) is 1. The predicted octanol–water partition coefficient (Wildman–Crippen LogP) is 4.09.